The molecule has 2 rings (SSSR count). The third-order valence-electron chi connectivity index (χ3n) is 2.61. The number of hydrogen-bond donors (Lipinski definition) is 2. The van der Waals surface area contributed by atoms with E-state index in [1.165, 1.54) is 13.2 Å². The van der Waals surface area contributed by atoms with Gasteiger partial charge < -0.3 is 15.6 Å². The van der Waals surface area contributed by atoms with Crippen molar-refractivity contribution in [2.45, 2.75) is 18.4 Å². The summed E-state index contributed by atoms with van der Waals surface area (Å²) in [7, 11) is 1.39. The molecule has 3 N–H and O–H groups in total. The average molecular weight is 197 g/mol. The first-order valence-corrected chi connectivity index (χ1v) is 4.43. The number of halogens is 1. The van der Waals surface area contributed by atoms with Gasteiger partial charge in [0.2, 0.25) is 0 Å². The Labute approximate surface area is 81.3 Å². The summed E-state index contributed by atoms with van der Waals surface area (Å²) >= 11 is 0. The number of rotatable bonds is 2. The number of phenols is 1. The zero-order chi connectivity index (χ0) is 10.3. The zero-order valence-electron chi connectivity index (χ0n) is 7.88. The molecule has 4 heteroatoms. The van der Waals surface area contributed by atoms with E-state index < -0.39 is 17.1 Å². The van der Waals surface area contributed by atoms with E-state index in [1.54, 1.807) is 6.07 Å². The molecule has 1 aromatic rings. The Morgan fingerprint density at radius 3 is 2.64 bits per heavy atom. The van der Waals surface area contributed by atoms with E-state index in [1.807, 2.05) is 0 Å². The number of hydrogen-bond acceptors (Lipinski definition) is 3. The van der Waals surface area contributed by atoms with Crippen LogP contribution in [0.2, 0.25) is 0 Å². The summed E-state index contributed by atoms with van der Waals surface area (Å²) in [5.74, 6) is -0.985. The highest BCUT2D eigenvalue weighted by Gasteiger charge is 2.43. The van der Waals surface area contributed by atoms with Gasteiger partial charge in [0.1, 0.15) is 0 Å². The molecule has 0 atom stereocenters. The molecule has 0 bridgehead atoms. The third-order valence-corrected chi connectivity index (χ3v) is 2.61. The maximum atomic E-state index is 13.0. The largest absolute Gasteiger partial charge is 0.502 e. The van der Waals surface area contributed by atoms with Crippen molar-refractivity contribution in [1.29, 1.82) is 0 Å². The first-order chi connectivity index (χ1) is 6.58. The van der Waals surface area contributed by atoms with Gasteiger partial charge in [-0.15, -0.1) is 0 Å². The van der Waals surface area contributed by atoms with Gasteiger partial charge in [-0.1, -0.05) is 6.07 Å². The number of phenolic OH excluding ortho intramolecular Hbond substituents is 1. The summed E-state index contributed by atoms with van der Waals surface area (Å²) in [6.07, 6.45) is 1.68. The van der Waals surface area contributed by atoms with Crippen LogP contribution in [0.3, 0.4) is 0 Å². The summed E-state index contributed by atoms with van der Waals surface area (Å²) in [6, 6.07) is 2.78. The molecule has 14 heavy (non-hydrogen) atoms. The lowest BCUT2D eigenvalue weighted by Gasteiger charge is -2.15. The first kappa shape index (κ1) is 9.27. The summed E-state index contributed by atoms with van der Waals surface area (Å²) in [5.41, 5.74) is 6.20. The summed E-state index contributed by atoms with van der Waals surface area (Å²) < 4.78 is 17.9. The molecule has 0 aliphatic heterocycles. The number of benzene rings is 1. The van der Waals surface area contributed by atoms with E-state index in [-0.39, 0.29) is 5.75 Å². The fourth-order valence-corrected chi connectivity index (χ4v) is 1.55. The maximum absolute atomic E-state index is 13.0. The van der Waals surface area contributed by atoms with Crippen LogP contribution < -0.4 is 10.5 Å². The fourth-order valence-electron chi connectivity index (χ4n) is 1.55. The number of methoxy groups -OCH3 is 1. The van der Waals surface area contributed by atoms with Crippen molar-refractivity contribution < 1.29 is 14.2 Å². The minimum Gasteiger partial charge on any atom is -0.502 e. The van der Waals surface area contributed by atoms with Gasteiger partial charge in [-0.2, -0.15) is 0 Å². The Hall–Kier alpha value is -1.29. The molecule has 0 heterocycles. The molecule has 76 valence electrons. The molecule has 3 nitrogen and oxygen atoms in total. The molecule has 1 aliphatic rings. The smallest absolute Gasteiger partial charge is 0.194 e. The highest BCUT2D eigenvalue weighted by molar-refractivity contribution is 5.51. The van der Waals surface area contributed by atoms with Gasteiger partial charge >= 0.3 is 0 Å². The van der Waals surface area contributed by atoms with Gasteiger partial charge in [0.15, 0.2) is 17.3 Å². The quantitative estimate of drug-likeness (QED) is 0.755. The predicted octanol–water partition coefficient (Wildman–Crippen LogP) is 1.49. The monoisotopic (exact) mass is 197 g/mol. The van der Waals surface area contributed by atoms with Crippen LogP contribution in [0.15, 0.2) is 12.1 Å². The van der Waals surface area contributed by atoms with E-state index in [9.17, 15) is 9.50 Å². The minimum absolute atomic E-state index is 0.157. The molecule has 0 amide bonds. The molecular weight excluding hydrogens is 185 g/mol. The van der Waals surface area contributed by atoms with Crippen molar-refractivity contribution in [1.82, 2.24) is 0 Å². The van der Waals surface area contributed by atoms with Gasteiger partial charge in [0.25, 0.3) is 0 Å². The van der Waals surface area contributed by atoms with Crippen LogP contribution in [0.1, 0.15) is 18.4 Å². The highest BCUT2D eigenvalue weighted by Crippen LogP contribution is 2.49. The van der Waals surface area contributed by atoms with Gasteiger partial charge in [-0.05, 0) is 18.9 Å². The molecule has 1 aliphatic carbocycles. The fraction of sp³-hybridized carbons (Fsp3) is 0.400. The van der Waals surface area contributed by atoms with Gasteiger partial charge in [-0.3, -0.25) is 0 Å². The molecule has 1 fully saturated rings. The first-order valence-electron chi connectivity index (χ1n) is 4.43. The Morgan fingerprint density at radius 2 is 2.14 bits per heavy atom. The van der Waals surface area contributed by atoms with E-state index in [0.29, 0.717) is 5.56 Å². The van der Waals surface area contributed by atoms with Gasteiger partial charge in [0, 0.05) is 11.1 Å². The molecule has 0 unspecified atom stereocenters. The summed E-state index contributed by atoms with van der Waals surface area (Å²) in [6.45, 7) is 0. The SMILES string of the molecule is COc1c(C2(N)CC2)ccc(F)c1O. The van der Waals surface area contributed by atoms with Crippen molar-refractivity contribution in [3.8, 4) is 11.5 Å². The van der Waals surface area contributed by atoms with E-state index >= 15 is 0 Å². The normalized spacial score (nSPS) is 17.9. The zero-order valence-corrected chi connectivity index (χ0v) is 7.88. The second-order valence-corrected chi connectivity index (χ2v) is 3.63. The van der Waals surface area contributed by atoms with Crippen molar-refractivity contribution in [3.05, 3.63) is 23.5 Å². The van der Waals surface area contributed by atoms with E-state index in [0.717, 1.165) is 12.8 Å². The maximum Gasteiger partial charge on any atom is 0.194 e. The van der Waals surface area contributed by atoms with Gasteiger partial charge in [0.05, 0.1) is 7.11 Å². The van der Waals surface area contributed by atoms with Crippen LogP contribution in [0, 0.1) is 5.82 Å². The lowest BCUT2D eigenvalue weighted by molar-refractivity contribution is 0.350. The Bertz CT molecular complexity index is 375. The molecule has 1 saturated carbocycles. The van der Waals surface area contributed by atoms with Crippen molar-refractivity contribution in [3.63, 3.8) is 0 Å². The van der Waals surface area contributed by atoms with Crippen LogP contribution in [-0.2, 0) is 5.54 Å². The second-order valence-electron chi connectivity index (χ2n) is 3.63. The molecule has 1 aromatic carbocycles. The van der Waals surface area contributed by atoms with Crippen LogP contribution in [-0.4, -0.2) is 12.2 Å². The average Bonchev–Trinajstić information content (AvgIpc) is 2.89. The van der Waals surface area contributed by atoms with Crippen molar-refractivity contribution >= 4 is 0 Å². The van der Waals surface area contributed by atoms with Crippen LogP contribution in [0.5, 0.6) is 11.5 Å². The van der Waals surface area contributed by atoms with Gasteiger partial charge in [-0.25, -0.2) is 4.39 Å². The Balaban J connectivity index is 2.55. The molecule has 0 saturated heterocycles. The van der Waals surface area contributed by atoms with Crippen LogP contribution in [0.4, 0.5) is 4.39 Å². The topological polar surface area (TPSA) is 55.5 Å². The van der Waals surface area contributed by atoms with E-state index in [2.05, 4.69) is 0 Å². The predicted molar refractivity (Wildman–Crippen MR) is 49.7 cm³/mol. The number of nitrogens with two attached hydrogens (primary N) is 1. The van der Waals surface area contributed by atoms with Crippen LogP contribution >= 0.6 is 0 Å². The second kappa shape index (κ2) is 2.85. The standard InChI is InChI=1S/C10H12FNO2/c1-14-9-6(10(12)4-5-10)2-3-7(11)8(9)13/h2-3,13H,4-5,12H2,1H3. The summed E-state index contributed by atoms with van der Waals surface area (Å²) in [5, 5.41) is 9.41. The highest BCUT2D eigenvalue weighted by atomic mass is 19.1. The van der Waals surface area contributed by atoms with Crippen molar-refractivity contribution in [2.75, 3.05) is 7.11 Å². The third kappa shape index (κ3) is 1.23. The molecule has 0 spiro atoms. The molecule has 0 radical (unpaired) electrons. The number of aromatic hydroxyl groups is 1. The Morgan fingerprint density at radius 1 is 1.50 bits per heavy atom. The molecule has 0 aromatic heterocycles. The van der Waals surface area contributed by atoms with Crippen LogP contribution in [0.25, 0.3) is 0 Å². The summed E-state index contributed by atoms with van der Waals surface area (Å²) in [4.78, 5) is 0. The number of ether oxygens (including phenoxy) is 1. The lowest BCUT2D eigenvalue weighted by Crippen LogP contribution is -2.19. The lowest BCUT2D eigenvalue weighted by atomic mass is 10.0. The van der Waals surface area contributed by atoms with E-state index in [4.69, 9.17) is 10.5 Å². The van der Waals surface area contributed by atoms with Crippen molar-refractivity contribution in [2.24, 2.45) is 5.73 Å². The Kier molecular flexibility index (Phi) is 1.89. The molecular formula is C10H12FNO2. The minimum atomic E-state index is -0.685.